The Hall–Kier alpha value is -2.64. The van der Waals surface area contributed by atoms with Gasteiger partial charge in [-0.3, -0.25) is 14.5 Å². The molecule has 0 spiro atoms. The second-order valence-electron chi connectivity index (χ2n) is 9.88. The van der Waals surface area contributed by atoms with E-state index >= 15 is 0 Å². The van der Waals surface area contributed by atoms with Crippen molar-refractivity contribution in [2.75, 3.05) is 6.54 Å². The zero-order valence-corrected chi connectivity index (χ0v) is 17.9. The highest BCUT2D eigenvalue weighted by Crippen LogP contribution is 2.43. The zero-order chi connectivity index (χ0) is 21.8. The Bertz CT molecular complexity index is 927. The lowest BCUT2D eigenvalue weighted by molar-refractivity contribution is -0.130. The van der Waals surface area contributed by atoms with Gasteiger partial charge in [0.25, 0.3) is 0 Å². The molecular weight excluding hydrogens is 387 g/mol. The highest BCUT2D eigenvalue weighted by molar-refractivity contribution is 5.99. The standard InChI is InChI=1S/C22H29FN4O3/c1-21(2)10-18(28)27(20(24)26-21)11-12-7-14(12)19(29)25-16-9-22(3,4)30-17-6-5-13(23)8-15(16)17/h5-6,8,12,14,16H,7,9-11H2,1-4H3,(H2,24,26)(H,25,29)/t12-,14+,16-/m0/s1. The first kappa shape index (κ1) is 20.6. The van der Waals surface area contributed by atoms with Crippen LogP contribution in [-0.4, -0.2) is 40.4 Å². The van der Waals surface area contributed by atoms with E-state index < -0.39 is 11.1 Å². The highest BCUT2D eigenvalue weighted by Gasteiger charge is 2.47. The summed E-state index contributed by atoms with van der Waals surface area (Å²) >= 11 is 0. The number of nitrogens with one attached hydrogen (secondary N) is 1. The number of aliphatic imine (C=N–C) groups is 1. The van der Waals surface area contributed by atoms with Crippen LogP contribution in [0.4, 0.5) is 4.39 Å². The number of fused-ring (bicyclic) bond motifs is 1. The molecule has 8 heteroatoms. The second-order valence-corrected chi connectivity index (χ2v) is 9.88. The van der Waals surface area contributed by atoms with Gasteiger partial charge in [0.05, 0.1) is 18.0 Å². The Morgan fingerprint density at radius 3 is 2.80 bits per heavy atom. The quantitative estimate of drug-likeness (QED) is 0.788. The molecule has 0 bridgehead atoms. The summed E-state index contributed by atoms with van der Waals surface area (Å²) in [4.78, 5) is 31.2. The minimum absolute atomic E-state index is 0.0451. The van der Waals surface area contributed by atoms with Crippen molar-refractivity contribution in [3.05, 3.63) is 29.6 Å². The molecule has 3 N–H and O–H groups in total. The molecule has 30 heavy (non-hydrogen) atoms. The van der Waals surface area contributed by atoms with Gasteiger partial charge in [-0.2, -0.15) is 0 Å². The van der Waals surface area contributed by atoms with Gasteiger partial charge >= 0.3 is 0 Å². The summed E-state index contributed by atoms with van der Waals surface area (Å²) in [6, 6.07) is 4.07. The van der Waals surface area contributed by atoms with Crippen LogP contribution in [0, 0.1) is 17.7 Å². The highest BCUT2D eigenvalue weighted by atomic mass is 19.1. The van der Waals surface area contributed by atoms with Crippen LogP contribution in [-0.2, 0) is 9.59 Å². The van der Waals surface area contributed by atoms with E-state index in [-0.39, 0.29) is 41.5 Å². The third kappa shape index (κ3) is 4.13. The number of nitrogens with zero attached hydrogens (tertiary/aromatic N) is 2. The van der Waals surface area contributed by atoms with E-state index in [1.165, 1.54) is 17.0 Å². The fourth-order valence-corrected chi connectivity index (χ4v) is 4.44. The molecule has 0 saturated heterocycles. The Labute approximate surface area is 175 Å². The lowest BCUT2D eigenvalue weighted by Gasteiger charge is -2.38. The smallest absolute Gasteiger partial charge is 0.231 e. The predicted octanol–water partition coefficient (Wildman–Crippen LogP) is 2.51. The maximum Gasteiger partial charge on any atom is 0.231 e. The van der Waals surface area contributed by atoms with Crippen molar-refractivity contribution in [3.8, 4) is 5.75 Å². The molecule has 0 aromatic heterocycles. The molecule has 2 heterocycles. The van der Waals surface area contributed by atoms with Crippen molar-refractivity contribution in [3.63, 3.8) is 0 Å². The summed E-state index contributed by atoms with van der Waals surface area (Å²) < 4.78 is 19.7. The molecule has 1 aromatic rings. The third-order valence-corrected chi connectivity index (χ3v) is 6.00. The molecule has 162 valence electrons. The van der Waals surface area contributed by atoms with Crippen molar-refractivity contribution in [1.82, 2.24) is 10.2 Å². The lowest BCUT2D eigenvalue weighted by Crippen LogP contribution is -2.50. The van der Waals surface area contributed by atoms with Crippen molar-refractivity contribution in [2.45, 2.75) is 64.1 Å². The minimum Gasteiger partial charge on any atom is -0.487 e. The van der Waals surface area contributed by atoms with Crippen LogP contribution in [0.15, 0.2) is 23.2 Å². The number of halogens is 1. The molecule has 0 radical (unpaired) electrons. The second kappa shape index (κ2) is 6.96. The predicted molar refractivity (Wildman–Crippen MR) is 110 cm³/mol. The largest absolute Gasteiger partial charge is 0.487 e. The molecule has 7 nitrogen and oxygen atoms in total. The molecule has 2 amide bonds. The normalized spacial score (nSPS) is 28.8. The Morgan fingerprint density at radius 2 is 2.10 bits per heavy atom. The van der Waals surface area contributed by atoms with E-state index in [2.05, 4.69) is 10.3 Å². The molecular formula is C22H29FN4O3. The number of carbonyl (C=O) groups excluding carboxylic acids is 2. The van der Waals surface area contributed by atoms with Crippen LogP contribution in [0.1, 0.15) is 58.6 Å². The first-order chi connectivity index (χ1) is 13.9. The van der Waals surface area contributed by atoms with E-state index in [4.69, 9.17) is 10.5 Å². The number of guanidine groups is 1. The average molecular weight is 416 g/mol. The molecule has 2 aliphatic heterocycles. The number of rotatable bonds is 4. The maximum atomic E-state index is 13.8. The molecule has 0 unspecified atom stereocenters. The molecule has 1 saturated carbocycles. The number of benzene rings is 1. The van der Waals surface area contributed by atoms with Gasteiger partial charge in [0, 0.05) is 24.4 Å². The van der Waals surface area contributed by atoms with Gasteiger partial charge in [0.2, 0.25) is 11.8 Å². The first-order valence-corrected chi connectivity index (χ1v) is 10.4. The van der Waals surface area contributed by atoms with E-state index in [0.29, 0.717) is 37.1 Å². The van der Waals surface area contributed by atoms with Gasteiger partial charge < -0.3 is 15.8 Å². The Kier molecular flexibility index (Phi) is 4.78. The fourth-order valence-electron chi connectivity index (χ4n) is 4.44. The number of hydrogen-bond donors (Lipinski definition) is 2. The number of amides is 2. The van der Waals surface area contributed by atoms with Gasteiger partial charge in [0.1, 0.15) is 17.2 Å². The zero-order valence-electron chi connectivity index (χ0n) is 17.9. The van der Waals surface area contributed by atoms with Crippen molar-refractivity contribution in [1.29, 1.82) is 0 Å². The first-order valence-electron chi connectivity index (χ1n) is 10.4. The third-order valence-electron chi connectivity index (χ3n) is 6.00. The van der Waals surface area contributed by atoms with Gasteiger partial charge in [-0.25, -0.2) is 9.38 Å². The van der Waals surface area contributed by atoms with Crippen LogP contribution in [0.2, 0.25) is 0 Å². The summed E-state index contributed by atoms with van der Waals surface area (Å²) in [7, 11) is 0. The molecule has 1 aromatic carbocycles. The monoisotopic (exact) mass is 416 g/mol. The van der Waals surface area contributed by atoms with E-state index in [0.717, 1.165) is 0 Å². The van der Waals surface area contributed by atoms with Crippen molar-refractivity contribution in [2.24, 2.45) is 22.6 Å². The van der Waals surface area contributed by atoms with E-state index in [1.54, 1.807) is 6.07 Å². The molecule has 1 aliphatic carbocycles. The van der Waals surface area contributed by atoms with Crippen LogP contribution >= 0.6 is 0 Å². The number of nitrogens with two attached hydrogens (primary N) is 1. The Balaban J connectivity index is 1.42. The van der Waals surface area contributed by atoms with Crippen LogP contribution in [0.5, 0.6) is 5.75 Å². The molecule has 3 atom stereocenters. The van der Waals surface area contributed by atoms with Crippen LogP contribution in [0.3, 0.4) is 0 Å². The maximum absolute atomic E-state index is 13.8. The summed E-state index contributed by atoms with van der Waals surface area (Å²) in [5.74, 6) is 0.162. The summed E-state index contributed by atoms with van der Waals surface area (Å²) in [6.07, 6.45) is 1.54. The summed E-state index contributed by atoms with van der Waals surface area (Å²) in [6.45, 7) is 8.04. The number of ether oxygens (including phenoxy) is 1. The van der Waals surface area contributed by atoms with Gasteiger partial charge in [-0.1, -0.05) is 0 Å². The summed E-state index contributed by atoms with van der Waals surface area (Å²) in [5, 5.41) is 3.07. The molecule has 3 aliphatic rings. The summed E-state index contributed by atoms with van der Waals surface area (Å²) in [5.41, 5.74) is 5.69. The SMILES string of the molecule is CC1(C)CC(=O)N(C[C@@H]2C[C@H]2C(=O)N[C@H]2CC(C)(C)Oc3ccc(F)cc32)C(N)=N1. The van der Waals surface area contributed by atoms with Crippen LogP contribution < -0.4 is 15.8 Å². The number of carbonyl (C=O) groups is 2. The van der Waals surface area contributed by atoms with E-state index in [9.17, 15) is 14.0 Å². The molecule has 4 rings (SSSR count). The Morgan fingerprint density at radius 1 is 1.37 bits per heavy atom. The minimum atomic E-state index is -0.490. The number of hydrogen-bond acceptors (Lipinski definition) is 5. The van der Waals surface area contributed by atoms with Crippen molar-refractivity contribution < 1.29 is 18.7 Å². The van der Waals surface area contributed by atoms with Crippen molar-refractivity contribution >= 4 is 17.8 Å². The van der Waals surface area contributed by atoms with Gasteiger partial charge in [-0.05, 0) is 58.2 Å². The topological polar surface area (TPSA) is 97.0 Å². The average Bonchev–Trinajstić information content (AvgIpc) is 3.37. The molecule has 1 fully saturated rings. The van der Waals surface area contributed by atoms with Gasteiger partial charge in [-0.15, -0.1) is 0 Å². The van der Waals surface area contributed by atoms with Gasteiger partial charge in [0.15, 0.2) is 5.96 Å². The lowest BCUT2D eigenvalue weighted by atomic mass is 9.89. The fraction of sp³-hybridized carbons (Fsp3) is 0.591. The van der Waals surface area contributed by atoms with Crippen LogP contribution in [0.25, 0.3) is 0 Å². The van der Waals surface area contributed by atoms with E-state index in [1.807, 2.05) is 27.7 Å².